The molecule has 0 saturated carbocycles. The molecule has 5 rings (SSSR count). The van der Waals surface area contributed by atoms with Gasteiger partial charge < -0.3 is 25.3 Å². The predicted octanol–water partition coefficient (Wildman–Crippen LogP) is 2.29. The van der Waals surface area contributed by atoms with Gasteiger partial charge in [0.15, 0.2) is 18.0 Å². The lowest BCUT2D eigenvalue weighted by atomic mass is 10.0. The number of aliphatic hydroxyl groups excluding tert-OH is 2. The number of fused-ring (bicyclic) bond motifs is 3. The van der Waals surface area contributed by atoms with Gasteiger partial charge in [-0.2, -0.15) is 11.8 Å². The Morgan fingerprint density at radius 3 is 2.24 bits per heavy atom. The molecule has 42 heavy (non-hydrogen) atoms. The van der Waals surface area contributed by atoms with Crippen LogP contribution in [0.3, 0.4) is 0 Å². The monoisotopic (exact) mass is 636 g/mol. The summed E-state index contributed by atoms with van der Waals surface area (Å²) in [5.41, 5.74) is 3.63. The highest BCUT2D eigenvalue weighted by atomic mass is 35.5. The predicted molar refractivity (Wildman–Crippen MR) is 161 cm³/mol. The number of carboxylic acids is 2. The Balaban J connectivity index is 0.000000349. The van der Waals surface area contributed by atoms with Gasteiger partial charge in [-0.25, -0.2) is 9.59 Å². The Labute approximate surface area is 256 Å². The van der Waals surface area contributed by atoms with E-state index in [1.807, 2.05) is 54.2 Å². The fourth-order valence-electron chi connectivity index (χ4n) is 4.53. The molecule has 0 radical (unpaired) electrons. The van der Waals surface area contributed by atoms with E-state index in [4.69, 9.17) is 48.6 Å². The zero-order valence-electron chi connectivity index (χ0n) is 22.6. The number of carbonyl (C=O) groups is 2. The first-order valence-electron chi connectivity index (χ1n) is 12.9. The second-order valence-electron chi connectivity index (χ2n) is 9.45. The van der Waals surface area contributed by atoms with Gasteiger partial charge in [-0.3, -0.25) is 14.5 Å². The molecule has 2 atom stereocenters. The number of hydrogen-bond acceptors (Lipinski definition) is 10. The van der Waals surface area contributed by atoms with E-state index < -0.39 is 24.1 Å². The lowest BCUT2D eigenvalue weighted by Gasteiger charge is -2.35. The van der Waals surface area contributed by atoms with E-state index >= 15 is 0 Å². The van der Waals surface area contributed by atoms with Gasteiger partial charge in [0.25, 0.3) is 0 Å². The summed E-state index contributed by atoms with van der Waals surface area (Å²) in [6.07, 6.45) is -2.38. The number of halogens is 2. The van der Waals surface area contributed by atoms with Crippen LogP contribution in [0, 0.1) is 0 Å². The van der Waals surface area contributed by atoms with Crippen molar-refractivity contribution in [2.75, 3.05) is 49.6 Å². The minimum atomic E-state index is -2.27. The molecule has 0 bridgehead atoms. The summed E-state index contributed by atoms with van der Waals surface area (Å²) in [4.78, 5) is 29.3. The zero-order chi connectivity index (χ0) is 30.4. The van der Waals surface area contributed by atoms with Crippen LogP contribution in [0.15, 0.2) is 47.5 Å². The molecule has 3 heterocycles. The Kier molecular flexibility index (Phi) is 10.8. The fourth-order valence-corrected chi connectivity index (χ4v) is 5.37. The van der Waals surface area contributed by atoms with Crippen LogP contribution in [0.4, 0.5) is 5.95 Å². The molecule has 0 spiro atoms. The first-order chi connectivity index (χ1) is 20.1. The molecule has 4 N–H and O–H groups in total. The lowest BCUT2D eigenvalue weighted by molar-refractivity contribution is -0.165. The standard InChI is InChI=1S/C23H24Cl2N6S.C4H6O6/c1-32-13-12-29-8-10-30(11-9-29)23-28-27-21-15-26-22(17-4-2-3-5-19(17)25)18-14-16(24)6-7-20(18)31(21)23;5-1(3(7)8)2(6)4(9)10/h2-7,14H,8-13,15H2,1H3;1-2,5-6H,(H,7,8)(H,9,10). The number of aliphatic imine (C=N–C) groups is 1. The van der Waals surface area contributed by atoms with Crippen molar-refractivity contribution in [3.63, 3.8) is 0 Å². The molecular formula is C27H30Cl2N6O6S. The topological polar surface area (TPSA) is 165 Å². The van der Waals surface area contributed by atoms with E-state index in [9.17, 15) is 9.59 Å². The third kappa shape index (κ3) is 7.22. The van der Waals surface area contributed by atoms with Gasteiger partial charge >= 0.3 is 11.9 Å². The number of aromatic nitrogens is 3. The third-order valence-electron chi connectivity index (χ3n) is 6.75. The molecule has 224 valence electrons. The Hall–Kier alpha value is -3.20. The molecule has 2 aliphatic heterocycles. The summed E-state index contributed by atoms with van der Waals surface area (Å²) in [6.45, 7) is 5.45. The average molecular weight is 638 g/mol. The summed E-state index contributed by atoms with van der Waals surface area (Å²) >= 11 is 14.9. The molecule has 2 aromatic carbocycles. The number of benzene rings is 2. The number of hydrogen-bond donors (Lipinski definition) is 4. The molecule has 0 aliphatic carbocycles. The number of aliphatic hydroxyl groups is 2. The fraction of sp³-hybridized carbons (Fsp3) is 0.370. The van der Waals surface area contributed by atoms with E-state index in [2.05, 4.69) is 30.8 Å². The quantitative estimate of drug-likeness (QED) is 0.287. The smallest absolute Gasteiger partial charge is 0.335 e. The number of rotatable bonds is 8. The Morgan fingerprint density at radius 1 is 0.952 bits per heavy atom. The molecule has 1 aromatic heterocycles. The molecule has 12 nitrogen and oxygen atoms in total. The maximum atomic E-state index is 9.77. The highest BCUT2D eigenvalue weighted by Crippen LogP contribution is 2.32. The van der Waals surface area contributed by atoms with Crippen molar-refractivity contribution in [1.82, 2.24) is 19.7 Å². The van der Waals surface area contributed by atoms with Crippen LogP contribution in [0.2, 0.25) is 10.0 Å². The summed E-state index contributed by atoms with van der Waals surface area (Å²) in [6, 6.07) is 13.7. The first-order valence-corrected chi connectivity index (χ1v) is 15.1. The second kappa shape index (κ2) is 14.3. The van der Waals surface area contributed by atoms with Crippen molar-refractivity contribution >= 4 is 58.6 Å². The minimum absolute atomic E-state index is 0.424. The van der Waals surface area contributed by atoms with Crippen LogP contribution in [-0.4, -0.2) is 115 Å². The van der Waals surface area contributed by atoms with Crippen LogP contribution >= 0.6 is 35.0 Å². The lowest BCUT2D eigenvalue weighted by Crippen LogP contribution is -2.47. The largest absolute Gasteiger partial charge is 0.479 e. The second-order valence-corrected chi connectivity index (χ2v) is 11.3. The van der Waals surface area contributed by atoms with Crippen LogP contribution < -0.4 is 4.90 Å². The maximum Gasteiger partial charge on any atom is 0.335 e. The minimum Gasteiger partial charge on any atom is -0.479 e. The molecular weight excluding hydrogens is 607 g/mol. The molecule has 1 fully saturated rings. The number of carboxylic acid groups (broad SMARTS) is 2. The highest BCUT2D eigenvalue weighted by Gasteiger charge is 2.30. The Bertz CT molecular complexity index is 1440. The van der Waals surface area contributed by atoms with E-state index in [-0.39, 0.29) is 0 Å². The van der Waals surface area contributed by atoms with E-state index in [0.29, 0.717) is 16.6 Å². The number of anilines is 1. The van der Waals surface area contributed by atoms with Crippen molar-refractivity contribution < 1.29 is 30.0 Å². The SMILES string of the molecule is CSCCN1CCN(c2nnc3n2-c2ccc(Cl)cc2C(c2ccccc2Cl)=NC3)CC1.O=C(O)C(O)C(O)C(=O)O. The molecule has 1 saturated heterocycles. The van der Waals surface area contributed by atoms with Crippen LogP contribution in [0.5, 0.6) is 0 Å². The van der Waals surface area contributed by atoms with Gasteiger partial charge in [0, 0.05) is 59.6 Å². The van der Waals surface area contributed by atoms with Crippen molar-refractivity contribution in [3.05, 3.63) is 69.5 Å². The summed E-state index contributed by atoms with van der Waals surface area (Å²) in [5.74, 6) is -0.694. The van der Waals surface area contributed by atoms with Crippen molar-refractivity contribution in [1.29, 1.82) is 0 Å². The Morgan fingerprint density at radius 2 is 1.62 bits per heavy atom. The van der Waals surface area contributed by atoms with Crippen molar-refractivity contribution in [2.24, 2.45) is 4.99 Å². The van der Waals surface area contributed by atoms with Gasteiger partial charge in [0.2, 0.25) is 5.95 Å². The summed E-state index contributed by atoms with van der Waals surface area (Å²) in [7, 11) is 0. The summed E-state index contributed by atoms with van der Waals surface area (Å²) in [5, 5.41) is 42.9. The highest BCUT2D eigenvalue weighted by molar-refractivity contribution is 7.98. The van der Waals surface area contributed by atoms with Gasteiger partial charge in [-0.1, -0.05) is 41.4 Å². The van der Waals surface area contributed by atoms with Crippen LogP contribution in [-0.2, 0) is 16.1 Å². The van der Waals surface area contributed by atoms with Gasteiger partial charge in [0.1, 0.15) is 6.54 Å². The zero-order valence-corrected chi connectivity index (χ0v) is 24.9. The molecule has 0 amide bonds. The number of nitrogens with zero attached hydrogens (tertiary/aromatic N) is 6. The number of aliphatic carboxylic acids is 2. The van der Waals surface area contributed by atoms with Gasteiger partial charge in [0.05, 0.1) is 11.4 Å². The summed E-state index contributed by atoms with van der Waals surface area (Å²) < 4.78 is 2.14. The first kappa shape index (κ1) is 31.7. The van der Waals surface area contributed by atoms with Crippen molar-refractivity contribution in [3.8, 4) is 5.69 Å². The third-order valence-corrected chi connectivity index (χ3v) is 7.90. The van der Waals surface area contributed by atoms with E-state index in [1.165, 1.54) is 0 Å². The van der Waals surface area contributed by atoms with Crippen molar-refractivity contribution in [2.45, 2.75) is 18.8 Å². The van der Waals surface area contributed by atoms with E-state index in [1.54, 1.807) is 0 Å². The average Bonchev–Trinajstić information content (AvgIpc) is 3.33. The van der Waals surface area contributed by atoms with Gasteiger partial charge in [-0.05, 0) is 30.5 Å². The van der Waals surface area contributed by atoms with Crippen LogP contribution in [0.25, 0.3) is 5.69 Å². The van der Waals surface area contributed by atoms with E-state index in [0.717, 1.165) is 72.8 Å². The molecule has 3 aromatic rings. The normalized spacial score (nSPS) is 16.2. The van der Waals surface area contributed by atoms with Gasteiger partial charge in [-0.15, -0.1) is 10.2 Å². The number of thioether (sulfide) groups is 1. The maximum absolute atomic E-state index is 9.77. The molecule has 2 unspecified atom stereocenters. The molecule has 2 aliphatic rings. The van der Waals surface area contributed by atoms with Crippen LogP contribution in [0.1, 0.15) is 17.0 Å². The number of piperazine rings is 1. The molecule has 15 heteroatoms.